The predicted octanol–water partition coefficient (Wildman–Crippen LogP) is 7.75. The summed E-state index contributed by atoms with van der Waals surface area (Å²) >= 11 is 0. The summed E-state index contributed by atoms with van der Waals surface area (Å²) in [5.74, 6) is 0.356. The van der Waals surface area contributed by atoms with Crippen molar-refractivity contribution < 1.29 is 23.8 Å². The highest BCUT2D eigenvalue weighted by Crippen LogP contribution is 2.52. The van der Waals surface area contributed by atoms with E-state index in [-0.39, 0.29) is 29.4 Å². The van der Waals surface area contributed by atoms with Gasteiger partial charge in [0, 0.05) is 18.4 Å². The van der Waals surface area contributed by atoms with Crippen molar-refractivity contribution in [3.8, 4) is 5.75 Å². The molecule has 6 heteroatoms. The minimum atomic E-state index is -0.518. The summed E-state index contributed by atoms with van der Waals surface area (Å²) in [6.45, 7) is 15.7. The molecule has 1 aromatic rings. The fourth-order valence-electron chi connectivity index (χ4n) is 6.55. The van der Waals surface area contributed by atoms with Crippen molar-refractivity contribution in [2.24, 2.45) is 0 Å². The molecule has 0 N–H and O–H groups in total. The highest BCUT2D eigenvalue weighted by molar-refractivity contribution is 5.28. The number of unbranched alkanes of at least 4 members (excludes halogenated alkanes) is 5. The topological polar surface area (TPSA) is 52.7 Å². The highest BCUT2D eigenvalue weighted by Gasteiger charge is 2.59. The Balaban J connectivity index is 1.38. The van der Waals surface area contributed by atoms with Crippen LogP contribution in [0.4, 0.5) is 0 Å². The van der Waals surface area contributed by atoms with Crippen LogP contribution in [0.25, 0.3) is 0 Å². The molecule has 38 heavy (non-hydrogen) atoms. The van der Waals surface area contributed by atoms with E-state index in [2.05, 4.69) is 58.7 Å². The van der Waals surface area contributed by atoms with Crippen molar-refractivity contribution in [2.75, 3.05) is 19.8 Å². The average Bonchev–Trinajstić information content (AvgIpc) is 3.67. The van der Waals surface area contributed by atoms with Gasteiger partial charge in [-0.3, -0.25) is 4.84 Å². The minimum absolute atomic E-state index is 0.0764. The van der Waals surface area contributed by atoms with Gasteiger partial charge in [0.2, 0.25) is 0 Å². The molecule has 216 valence electrons. The molecule has 3 heterocycles. The van der Waals surface area contributed by atoms with E-state index < -0.39 is 5.79 Å². The van der Waals surface area contributed by atoms with Gasteiger partial charge in [0.05, 0.1) is 24.9 Å². The molecule has 3 aliphatic heterocycles. The van der Waals surface area contributed by atoms with Crippen LogP contribution in [0.3, 0.4) is 0 Å². The summed E-state index contributed by atoms with van der Waals surface area (Å²) in [5, 5.41) is 2.30. The molecule has 4 atom stereocenters. The summed E-state index contributed by atoms with van der Waals surface area (Å²) < 4.78 is 24.4. The van der Waals surface area contributed by atoms with Gasteiger partial charge in [0.15, 0.2) is 5.79 Å². The summed E-state index contributed by atoms with van der Waals surface area (Å²) in [6, 6.07) is 8.29. The molecule has 0 radical (unpaired) electrons. The lowest BCUT2D eigenvalue weighted by atomic mass is 9.73. The Morgan fingerprint density at radius 2 is 1.61 bits per heavy atom. The first-order valence-corrected chi connectivity index (χ1v) is 15.4. The molecule has 0 amide bonds. The SMILES string of the molecule is CCCCCCCCC1COC2(CC(C)(C)N(OC(C)c3ccc(OCC4CO4)cc3)C(CC)(CC)C2)O1. The Labute approximate surface area is 231 Å². The number of piperidine rings is 1. The Hall–Kier alpha value is -1.18. The lowest BCUT2D eigenvalue weighted by Gasteiger charge is -2.59. The second kappa shape index (κ2) is 13.0. The molecule has 6 nitrogen and oxygen atoms in total. The number of epoxide rings is 1. The third kappa shape index (κ3) is 7.31. The zero-order chi connectivity index (χ0) is 27.2. The molecule has 0 aliphatic carbocycles. The van der Waals surface area contributed by atoms with E-state index in [0.29, 0.717) is 13.2 Å². The average molecular weight is 532 g/mol. The Morgan fingerprint density at radius 1 is 0.921 bits per heavy atom. The summed E-state index contributed by atoms with van der Waals surface area (Å²) in [7, 11) is 0. The van der Waals surface area contributed by atoms with Crippen LogP contribution in [-0.2, 0) is 19.0 Å². The maximum absolute atomic E-state index is 6.84. The van der Waals surface area contributed by atoms with Crippen molar-refractivity contribution in [3.05, 3.63) is 29.8 Å². The third-order valence-electron chi connectivity index (χ3n) is 8.84. The molecule has 4 rings (SSSR count). The van der Waals surface area contributed by atoms with Crippen LogP contribution in [0.5, 0.6) is 5.75 Å². The van der Waals surface area contributed by atoms with E-state index in [1.165, 1.54) is 38.5 Å². The molecule has 3 aliphatic rings. The lowest BCUT2D eigenvalue weighted by Crippen LogP contribution is -2.67. The molecule has 4 unspecified atom stereocenters. The largest absolute Gasteiger partial charge is 0.491 e. The quantitative estimate of drug-likeness (QED) is 0.170. The van der Waals surface area contributed by atoms with E-state index in [1.54, 1.807) is 0 Å². The second-order valence-electron chi connectivity index (χ2n) is 12.5. The summed E-state index contributed by atoms with van der Waals surface area (Å²) in [4.78, 5) is 6.84. The first kappa shape index (κ1) is 29.8. The molecule has 1 aromatic carbocycles. The number of nitrogens with zero attached hydrogens (tertiary/aromatic N) is 1. The molecule has 1 spiro atoms. The van der Waals surface area contributed by atoms with E-state index in [0.717, 1.165) is 50.0 Å². The van der Waals surface area contributed by atoms with Gasteiger partial charge in [-0.25, -0.2) is 0 Å². The van der Waals surface area contributed by atoms with Crippen molar-refractivity contribution in [2.45, 2.75) is 147 Å². The highest BCUT2D eigenvalue weighted by atomic mass is 16.7. The van der Waals surface area contributed by atoms with Crippen LogP contribution in [0.2, 0.25) is 0 Å². The van der Waals surface area contributed by atoms with Gasteiger partial charge in [0.1, 0.15) is 24.6 Å². The summed E-state index contributed by atoms with van der Waals surface area (Å²) in [6.07, 6.45) is 13.0. The maximum Gasteiger partial charge on any atom is 0.172 e. The van der Waals surface area contributed by atoms with Crippen molar-refractivity contribution in [1.82, 2.24) is 5.06 Å². The van der Waals surface area contributed by atoms with Crippen LogP contribution in [0, 0.1) is 0 Å². The van der Waals surface area contributed by atoms with Gasteiger partial charge in [-0.05, 0) is 57.7 Å². The minimum Gasteiger partial charge on any atom is -0.491 e. The molecule has 3 saturated heterocycles. The van der Waals surface area contributed by atoms with Crippen LogP contribution in [0.15, 0.2) is 24.3 Å². The van der Waals surface area contributed by atoms with Crippen LogP contribution in [0.1, 0.15) is 124 Å². The molecule has 3 fully saturated rings. The standard InChI is InChI=1S/C32H53NO5/c1-7-10-11-12-13-14-15-28-22-36-32(37-28)23-30(5,6)33(31(8-2,9-3)24-32)38-25(4)26-16-18-27(19-17-26)34-20-29-21-35-29/h16-19,25,28-29H,7-15,20-24H2,1-6H3. The number of benzene rings is 1. The monoisotopic (exact) mass is 531 g/mol. The molecule has 0 saturated carbocycles. The molecular weight excluding hydrogens is 478 g/mol. The van der Waals surface area contributed by atoms with Crippen molar-refractivity contribution >= 4 is 0 Å². The van der Waals surface area contributed by atoms with Crippen LogP contribution < -0.4 is 4.74 Å². The van der Waals surface area contributed by atoms with Gasteiger partial charge in [0.25, 0.3) is 0 Å². The number of ether oxygens (including phenoxy) is 4. The second-order valence-corrected chi connectivity index (χ2v) is 12.5. The van der Waals surface area contributed by atoms with E-state index in [4.69, 9.17) is 23.8 Å². The first-order chi connectivity index (χ1) is 18.2. The van der Waals surface area contributed by atoms with Crippen LogP contribution >= 0.6 is 0 Å². The lowest BCUT2D eigenvalue weighted by molar-refractivity contribution is -0.359. The molecular formula is C32H53NO5. The number of hydroxylamine groups is 2. The van der Waals surface area contributed by atoms with Gasteiger partial charge >= 0.3 is 0 Å². The van der Waals surface area contributed by atoms with Gasteiger partial charge in [-0.1, -0.05) is 71.4 Å². The third-order valence-corrected chi connectivity index (χ3v) is 8.84. The van der Waals surface area contributed by atoms with Crippen molar-refractivity contribution in [1.29, 1.82) is 0 Å². The number of hydrogen-bond donors (Lipinski definition) is 0. The number of hydrogen-bond acceptors (Lipinski definition) is 6. The van der Waals surface area contributed by atoms with Crippen LogP contribution in [-0.4, -0.2) is 54.0 Å². The molecule has 0 aromatic heterocycles. The van der Waals surface area contributed by atoms with Crippen molar-refractivity contribution in [3.63, 3.8) is 0 Å². The van der Waals surface area contributed by atoms with E-state index in [9.17, 15) is 0 Å². The zero-order valence-electron chi connectivity index (χ0n) is 24.9. The smallest absolute Gasteiger partial charge is 0.172 e. The first-order valence-electron chi connectivity index (χ1n) is 15.4. The Kier molecular flexibility index (Phi) is 10.2. The normalized spacial score (nSPS) is 29.0. The fraction of sp³-hybridized carbons (Fsp3) is 0.812. The maximum atomic E-state index is 6.84. The van der Waals surface area contributed by atoms with Gasteiger partial charge in [-0.15, -0.1) is 0 Å². The predicted molar refractivity (Wildman–Crippen MR) is 151 cm³/mol. The van der Waals surface area contributed by atoms with Gasteiger partial charge in [-0.2, -0.15) is 5.06 Å². The van der Waals surface area contributed by atoms with E-state index >= 15 is 0 Å². The zero-order valence-corrected chi connectivity index (χ0v) is 24.9. The summed E-state index contributed by atoms with van der Waals surface area (Å²) in [5.41, 5.74) is 0.754. The molecule has 0 bridgehead atoms. The fourth-order valence-corrected chi connectivity index (χ4v) is 6.55. The Morgan fingerprint density at radius 3 is 2.26 bits per heavy atom. The Bertz CT molecular complexity index is 850. The van der Waals surface area contributed by atoms with Gasteiger partial charge < -0.3 is 18.9 Å². The number of rotatable bonds is 15. The van der Waals surface area contributed by atoms with E-state index in [1.807, 2.05) is 12.1 Å².